The van der Waals surface area contributed by atoms with E-state index in [2.05, 4.69) is 93.7 Å². The maximum Gasteiger partial charge on any atom is -0.0253 e. The average Bonchev–Trinajstić information content (AvgIpc) is 3.23. The predicted octanol–water partition coefficient (Wildman–Crippen LogP) is 0.379. The van der Waals surface area contributed by atoms with Crippen molar-refractivity contribution in [3.63, 3.8) is 0 Å². The fraction of sp³-hybridized carbons (Fsp3) is 0.261. The number of benzene rings is 2. The van der Waals surface area contributed by atoms with E-state index in [1.165, 1.54) is 27.8 Å². The van der Waals surface area contributed by atoms with Crippen LogP contribution in [0.3, 0.4) is 0 Å². The Labute approximate surface area is 192 Å². The molecule has 4 heteroatoms. The minimum Gasteiger partial charge on any atom is -1.00 e. The van der Waals surface area contributed by atoms with Gasteiger partial charge < -0.3 is 24.8 Å². The third-order valence-corrected chi connectivity index (χ3v) is 3.97. The Hall–Kier alpha value is -0.530. The Balaban J connectivity index is 0.000000422. The van der Waals surface area contributed by atoms with E-state index in [1.54, 1.807) is 23.3 Å². The molecule has 3 aromatic rings. The summed E-state index contributed by atoms with van der Waals surface area (Å²) in [6, 6.07) is 26.6. The summed E-state index contributed by atoms with van der Waals surface area (Å²) in [5, 5.41) is 0. The molecule has 0 aliphatic heterocycles. The van der Waals surface area contributed by atoms with Gasteiger partial charge in [-0.05, 0) is 6.42 Å². The van der Waals surface area contributed by atoms with Gasteiger partial charge in [-0.25, -0.2) is 6.07 Å². The molecule has 0 heterocycles. The van der Waals surface area contributed by atoms with E-state index in [1.807, 2.05) is 6.07 Å². The molecule has 0 atom stereocenters. The van der Waals surface area contributed by atoms with Gasteiger partial charge in [0.25, 0.3) is 0 Å². The van der Waals surface area contributed by atoms with Gasteiger partial charge in [-0.3, -0.25) is 0 Å². The van der Waals surface area contributed by atoms with Crippen molar-refractivity contribution in [1.29, 1.82) is 0 Å². The minimum absolute atomic E-state index is 0. The summed E-state index contributed by atoms with van der Waals surface area (Å²) < 4.78 is 0. The first-order valence-corrected chi connectivity index (χ1v) is 15.0. The molecule has 4 rings (SSSR count). The Bertz CT molecular complexity index is 763. The van der Waals surface area contributed by atoms with E-state index >= 15 is 0 Å². The molecule has 0 aromatic heterocycles. The van der Waals surface area contributed by atoms with Gasteiger partial charge in [0.2, 0.25) is 0 Å². The summed E-state index contributed by atoms with van der Waals surface area (Å²) in [6.45, 7) is 9.02. The van der Waals surface area contributed by atoms with Crippen LogP contribution in [0.15, 0.2) is 66.7 Å². The standard InChI is InChI=1S/C13H9.C8H11.C2H6Si.2ClH.Zr/c1-3-7-12-10(5-1)9-11-6-2-4-8-13(11)12;1-7(2)8-5-3-4-6-8;1-3-2;;;/h1-5,7-8H,9H2;3-7H,1-2H3;1-2H3;2*1H;/q2*-1;;;;+2/p-2. The zero-order valence-corrected chi connectivity index (χ0v) is 21.4. The molecule has 27 heavy (non-hydrogen) atoms. The van der Waals surface area contributed by atoms with Crippen molar-refractivity contribution in [3.05, 3.63) is 89.5 Å². The molecule has 0 fully saturated rings. The molecule has 0 saturated heterocycles. The van der Waals surface area contributed by atoms with Gasteiger partial charge in [0.05, 0.1) is 0 Å². The Morgan fingerprint density at radius 3 is 2.19 bits per heavy atom. The molecule has 0 spiro atoms. The number of hydrogen-bond donors (Lipinski definition) is 0. The van der Waals surface area contributed by atoms with Gasteiger partial charge in [-0.1, -0.05) is 55.2 Å². The molecule has 0 bridgehead atoms. The smallest absolute Gasteiger partial charge is 0.0253 e. The van der Waals surface area contributed by atoms with Crippen LogP contribution in [0, 0.1) is 6.07 Å². The largest absolute Gasteiger partial charge is 1.00 e. The summed E-state index contributed by atoms with van der Waals surface area (Å²) in [5.74, 6) is 0.685. The van der Waals surface area contributed by atoms with Crippen molar-refractivity contribution in [2.24, 2.45) is 0 Å². The molecular weight excluding hydrogens is 466 g/mol. The normalized spacial score (nSPS) is 10.0. The fourth-order valence-corrected chi connectivity index (χ4v) is 2.77. The topological polar surface area (TPSA) is 0 Å². The Morgan fingerprint density at radius 1 is 1.00 bits per heavy atom. The van der Waals surface area contributed by atoms with Crippen LogP contribution in [0.5, 0.6) is 0 Å². The molecule has 3 aromatic carbocycles. The first-order valence-electron chi connectivity index (χ1n) is 8.80. The summed E-state index contributed by atoms with van der Waals surface area (Å²) in [4.78, 5) is 0. The van der Waals surface area contributed by atoms with Crippen molar-refractivity contribution in [2.75, 3.05) is 0 Å². The number of hydrogen-bond acceptors (Lipinski definition) is 0. The maximum atomic E-state index is 3.30. The van der Waals surface area contributed by atoms with Crippen LogP contribution in [-0.2, 0) is 29.8 Å². The van der Waals surface area contributed by atoms with E-state index in [4.69, 9.17) is 0 Å². The van der Waals surface area contributed by atoms with Gasteiger partial charge >= 0.3 is 41.9 Å². The van der Waals surface area contributed by atoms with Crippen molar-refractivity contribution >= 4 is 5.43 Å². The van der Waals surface area contributed by atoms with Crippen LogP contribution in [0.25, 0.3) is 11.1 Å². The number of fused-ring (bicyclic) bond motifs is 3. The minimum atomic E-state index is 0. The molecule has 1 aliphatic carbocycles. The zero-order chi connectivity index (χ0) is 18.2. The number of halogens is 2. The van der Waals surface area contributed by atoms with Crippen molar-refractivity contribution in [2.45, 2.75) is 39.3 Å². The van der Waals surface area contributed by atoms with Gasteiger partial charge in [-0.2, -0.15) is 53.6 Å². The summed E-state index contributed by atoms with van der Waals surface area (Å²) in [6.07, 6.45) is 1.05. The molecule has 0 saturated carbocycles. The van der Waals surface area contributed by atoms with E-state index in [0.29, 0.717) is 5.92 Å². The SMILES string of the molecule is CC(C)c1cc[cH-]c1.C[Si](C)=[Zr+2].[Cl-].[Cl-].[c-]1cccc2c1Cc1ccccc1-2. The number of rotatable bonds is 1. The fourth-order valence-electron chi connectivity index (χ4n) is 2.77. The second-order valence-electron chi connectivity index (χ2n) is 6.77. The van der Waals surface area contributed by atoms with Crippen LogP contribution in [0.4, 0.5) is 0 Å². The molecule has 0 radical (unpaired) electrons. The van der Waals surface area contributed by atoms with Gasteiger partial charge in [0.1, 0.15) is 0 Å². The van der Waals surface area contributed by atoms with Crippen LogP contribution in [0.2, 0.25) is 13.1 Å². The Kier molecular flexibility index (Phi) is 13.3. The molecule has 1 aliphatic rings. The quantitative estimate of drug-likeness (QED) is 0.266. The summed E-state index contributed by atoms with van der Waals surface area (Å²) >= 11 is 1.74. The molecule has 0 N–H and O–H groups in total. The zero-order valence-electron chi connectivity index (χ0n) is 16.4. The second-order valence-corrected chi connectivity index (χ2v) is 16.1. The van der Waals surface area contributed by atoms with Crippen molar-refractivity contribution in [1.82, 2.24) is 0 Å². The molecule has 0 amide bonds. The molecule has 0 nitrogen and oxygen atoms in total. The Morgan fingerprint density at radius 2 is 1.63 bits per heavy atom. The third-order valence-electron chi connectivity index (χ3n) is 3.97. The van der Waals surface area contributed by atoms with Crippen molar-refractivity contribution in [3.8, 4) is 11.1 Å². The van der Waals surface area contributed by atoms with Crippen LogP contribution < -0.4 is 24.8 Å². The van der Waals surface area contributed by atoms with E-state index in [0.717, 1.165) is 6.42 Å². The monoisotopic (exact) mass is 490 g/mol. The van der Waals surface area contributed by atoms with Crippen molar-refractivity contribution < 1.29 is 48.1 Å². The van der Waals surface area contributed by atoms with Crippen LogP contribution >= 0.6 is 0 Å². The first-order chi connectivity index (χ1) is 12.0. The predicted molar refractivity (Wildman–Crippen MR) is 107 cm³/mol. The second kappa shape index (κ2) is 13.6. The van der Waals surface area contributed by atoms with Crippen LogP contribution in [0.1, 0.15) is 36.5 Å². The molecular formula is C23H26Cl2SiZr-2. The van der Waals surface area contributed by atoms with E-state index < -0.39 is 0 Å². The van der Waals surface area contributed by atoms with Gasteiger partial charge in [0.15, 0.2) is 0 Å². The summed E-state index contributed by atoms with van der Waals surface area (Å²) in [5.41, 5.74) is 7.16. The van der Waals surface area contributed by atoms with Gasteiger partial charge in [0, 0.05) is 0 Å². The average molecular weight is 493 g/mol. The van der Waals surface area contributed by atoms with Crippen LogP contribution in [-0.4, -0.2) is 5.43 Å². The summed E-state index contributed by atoms with van der Waals surface area (Å²) in [7, 11) is 0. The molecule has 142 valence electrons. The van der Waals surface area contributed by atoms with E-state index in [9.17, 15) is 0 Å². The third kappa shape index (κ3) is 8.57. The van der Waals surface area contributed by atoms with Gasteiger partial charge in [-0.15, -0.1) is 5.56 Å². The maximum absolute atomic E-state index is 3.30. The molecule has 0 unspecified atom stereocenters. The first kappa shape index (κ1) is 26.5. The van der Waals surface area contributed by atoms with E-state index in [-0.39, 0.29) is 30.2 Å².